The zero-order valence-corrected chi connectivity index (χ0v) is 15.9. The predicted octanol–water partition coefficient (Wildman–Crippen LogP) is 5.07. The molecule has 2 heterocycles. The van der Waals surface area contributed by atoms with Crippen LogP contribution in [0.25, 0.3) is 22.4 Å². The van der Waals surface area contributed by atoms with Crippen molar-refractivity contribution in [2.45, 2.75) is 38.1 Å². The van der Waals surface area contributed by atoms with Crippen LogP contribution in [-0.4, -0.2) is 23.8 Å². The molecule has 27 heavy (non-hydrogen) atoms. The quantitative estimate of drug-likeness (QED) is 0.636. The van der Waals surface area contributed by atoms with Gasteiger partial charge in [-0.05, 0) is 42.3 Å². The molecule has 0 amide bonds. The lowest BCUT2D eigenvalue weighted by Crippen LogP contribution is -2.23. The molecule has 2 aromatic carbocycles. The van der Waals surface area contributed by atoms with Gasteiger partial charge in [0.1, 0.15) is 17.3 Å². The van der Waals surface area contributed by atoms with Crippen LogP contribution in [0.15, 0.2) is 36.4 Å². The number of ether oxygens (including phenoxy) is 2. The average molecular weight is 361 g/mol. The number of unbranched alkanes of at least 4 members (excludes halogenated alkanes) is 1. The Kier molecular flexibility index (Phi) is 4.49. The number of benzene rings is 2. The number of fused-ring (bicyclic) bond motifs is 5. The van der Waals surface area contributed by atoms with Crippen molar-refractivity contribution in [3.63, 3.8) is 0 Å². The Morgan fingerprint density at radius 3 is 2.56 bits per heavy atom. The number of nitriles is 1. The van der Waals surface area contributed by atoms with E-state index in [0.29, 0.717) is 0 Å². The van der Waals surface area contributed by atoms with Gasteiger partial charge < -0.3 is 14.0 Å². The number of hydrogen-bond donors (Lipinski definition) is 0. The highest BCUT2D eigenvalue weighted by Crippen LogP contribution is 2.47. The standard InChI is InChI=1S/C22H23N3O2/c1-4-5-6-20-18(13-23)17-11-14(26-2)7-9-16(17)22-24-19-10-8-15(27-3)12-21(19)25(20)22/h7-12,18,20H,4-6H2,1-3H3. The lowest BCUT2D eigenvalue weighted by molar-refractivity contribution is 0.404. The molecule has 0 aliphatic carbocycles. The summed E-state index contributed by atoms with van der Waals surface area (Å²) in [5, 5.41) is 10.1. The molecule has 3 aromatic rings. The third-order valence-electron chi connectivity index (χ3n) is 5.44. The summed E-state index contributed by atoms with van der Waals surface area (Å²) in [5.74, 6) is 2.25. The lowest BCUT2D eigenvalue weighted by Gasteiger charge is -2.32. The van der Waals surface area contributed by atoms with Gasteiger partial charge in [0.2, 0.25) is 0 Å². The largest absolute Gasteiger partial charge is 0.497 e. The number of aromatic nitrogens is 2. The maximum Gasteiger partial charge on any atom is 0.141 e. The van der Waals surface area contributed by atoms with Crippen LogP contribution in [0.4, 0.5) is 0 Å². The van der Waals surface area contributed by atoms with Crippen LogP contribution in [0.1, 0.15) is 43.7 Å². The van der Waals surface area contributed by atoms with Crippen molar-refractivity contribution in [2.75, 3.05) is 14.2 Å². The number of methoxy groups -OCH3 is 2. The van der Waals surface area contributed by atoms with E-state index in [1.165, 1.54) is 0 Å². The minimum atomic E-state index is -0.238. The van der Waals surface area contributed by atoms with Gasteiger partial charge in [-0.15, -0.1) is 0 Å². The highest BCUT2D eigenvalue weighted by molar-refractivity contribution is 5.84. The van der Waals surface area contributed by atoms with Gasteiger partial charge >= 0.3 is 0 Å². The fraction of sp³-hybridized carbons (Fsp3) is 0.364. The topological polar surface area (TPSA) is 60.1 Å². The lowest BCUT2D eigenvalue weighted by atomic mass is 9.83. The molecule has 0 saturated carbocycles. The van der Waals surface area contributed by atoms with Crippen molar-refractivity contribution in [3.8, 4) is 29.0 Å². The first-order chi connectivity index (χ1) is 13.2. The molecule has 0 fully saturated rings. The second-order valence-corrected chi connectivity index (χ2v) is 6.93. The van der Waals surface area contributed by atoms with Crippen LogP contribution in [0, 0.1) is 11.3 Å². The summed E-state index contributed by atoms with van der Waals surface area (Å²) in [6.45, 7) is 2.18. The van der Waals surface area contributed by atoms with Crippen molar-refractivity contribution in [1.29, 1.82) is 5.26 Å². The Morgan fingerprint density at radius 1 is 1.11 bits per heavy atom. The first kappa shape index (κ1) is 17.4. The van der Waals surface area contributed by atoms with Gasteiger partial charge in [0.25, 0.3) is 0 Å². The van der Waals surface area contributed by atoms with Crippen molar-refractivity contribution in [1.82, 2.24) is 9.55 Å². The summed E-state index contributed by atoms with van der Waals surface area (Å²) in [4.78, 5) is 4.91. The van der Waals surface area contributed by atoms with Crippen LogP contribution in [0.5, 0.6) is 11.5 Å². The number of hydrogen-bond acceptors (Lipinski definition) is 4. The minimum absolute atomic E-state index is 0.0432. The molecule has 0 spiro atoms. The molecule has 5 heteroatoms. The fourth-order valence-electron chi connectivity index (χ4n) is 4.08. The zero-order valence-electron chi connectivity index (χ0n) is 15.9. The third-order valence-corrected chi connectivity index (χ3v) is 5.44. The number of imidazole rings is 1. The SMILES string of the molecule is CCCCC1C(C#N)c2cc(OC)ccc2-c2nc3ccc(OC)cc3n21. The fourth-order valence-corrected chi connectivity index (χ4v) is 4.08. The van der Waals surface area contributed by atoms with Crippen LogP contribution >= 0.6 is 0 Å². The molecule has 1 aromatic heterocycles. The van der Waals surface area contributed by atoms with E-state index in [-0.39, 0.29) is 12.0 Å². The maximum absolute atomic E-state index is 10.1. The first-order valence-electron chi connectivity index (χ1n) is 9.35. The second-order valence-electron chi connectivity index (χ2n) is 6.93. The highest BCUT2D eigenvalue weighted by Gasteiger charge is 2.36. The van der Waals surface area contributed by atoms with E-state index in [2.05, 4.69) is 17.6 Å². The maximum atomic E-state index is 10.1. The normalized spacial score (nSPS) is 17.9. The molecule has 0 bridgehead atoms. The summed E-state index contributed by atoms with van der Waals surface area (Å²) in [7, 11) is 3.32. The average Bonchev–Trinajstić information content (AvgIpc) is 3.09. The van der Waals surface area contributed by atoms with Gasteiger partial charge in [-0.2, -0.15) is 5.26 Å². The van der Waals surface area contributed by atoms with Gasteiger partial charge in [-0.1, -0.05) is 19.8 Å². The van der Waals surface area contributed by atoms with E-state index in [0.717, 1.165) is 58.7 Å². The summed E-state index contributed by atoms with van der Waals surface area (Å²) < 4.78 is 13.1. The molecule has 4 rings (SSSR count). The Balaban J connectivity index is 2.01. The molecule has 0 saturated heterocycles. The predicted molar refractivity (Wildman–Crippen MR) is 105 cm³/mol. The Morgan fingerprint density at radius 2 is 1.85 bits per heavy atom. The molecule has 0 N–H and O–H groups in total. The van der Waals surface area contributed by atoms with Crippen molar-refractivity contribution < 1.29 is 9.47 Å². The number of nitrogens with zero attached hydrogens (tertiary/aromatic N) is 3. The smallest absolute Gasteiger partial charge is 0.141 e. The highest BCUT2D eigenvalue weighted by atomic mass is 16.5. The van der Waals surface area contributed by atoms with Crippen LogP contribution < -0.4 is 9.47 Å². The molecule has 1 aliphatic rings. The molecule has 0 radical (unpaired) electrons. The molecule has 2 unspecified atom stereocenters. The Hall–Kier alpha value is -3.00. The van der Waals surface area contributed by atoms with Crippen LogP contribution in [-0.2, 0) is 0 Å². The van der Waals surface area contributed by atoms with E-state index < -0.39 is 0 Å². The summed E-state index contributed by atoms with van der Waals surface area (Å²) in [6, 6.07) is 14.5. The molecular formula is C22H23N3O2. The van der Waals surface area contributed by atoms with Gasteiger partial charge in [0.05, 0.1) is 43.3 Å². The summed E-state index contributed by atoms with van der Waals surface area (Å²) >= 11 is 0. The van der Waals surface area contributed by atoms with E-state index >= 15 is 0 Å². The van der Waals surface area contributed by atoms with E-state index in [9.17, 15) is 5.26 Å². The van der Waals surface area contributed by atoms with Crippen LogP contribution in [0.3, 0.4) is 0 Å². The van der Waals surface area contributed by atoms with E-state index in [1.54, 1.807) is 14.2 Å². The zero-order chi connectivity index (χ0) is 19.0. The summed E-state index contributed by atoms with van der Waals surface area (Å²) in [6.07, 6.45) is 3.08. The molecular weight excluding hydrogens is 338 g/mol. The monoisotopic (exact) mass is 361 g/mol. The van der Waals surface area contributed by atoms with E-state index in [1.807, 2.05) is 36.4 Å². The first-order valence-corrected chi connectivity index (χ1v) is 9.35. The van der Waals surface area contributed by atoms with Gasteiger partial charge in [-0.25, -0.2) is 4.98 Å². The van der Waals surface area contributed by atoms with Crippen molar-refractivity contribution in [2.24, 2.45) is 0 Å². The Bertz CT molecular complexity index is 1030. The minimum Gasteiger partial charge on any atom is -0.497 e. The Labute approximate surface area is 159 Å². The number of rotatable bonds is 5. The van der Waals surface area contributed by atoms with Crippen molar-refractivity contribution in [3.05, 3.63) is 42.0 Å². The second kappa shape index (κ2) is 6.96. The van der Waals surface area contributed by atoms with Gasteiger partial charge in [0.15, 0.2) is 0 Å². The van der Waals surface area contributed by atoms with Crippen molar-refractivity contribution >= 4 is 11.0 Å². The molecule has 1 aliphatic heterocycles. The van der Waals surface area contributed by atoms with E-state index in [4.69, 9.17) is 14.5 Å². The van der Waals surface area contributed by atoms with Gasteiger partial charge in [0, 0.05) is 11.6 Å². The molecule has 138 valence electrons. The van der Waals surface area contributed by atoms with Crippen LogP contribution in [0.2, 0.25) is 0 Å². The summed E-state index contributed by atoms with van der Waals surface area (Å²) in [5.41, 5.74) is 3.96. The third kappa shape index (κ3) is 2.73. The molecule has 5 nitrogen and oxygen atoms in total. The van der Waals surface area contributed by atoms with Gasteiger partial charge in [-0.3, -0.25) is 0 Å². The molecule has 2 atom stereocenters.